The number of nitrogens with zero attached hydrogens (tertiary/aromatic N) is 1. The van der Waals surface area contributed by atoms with Crippen molar-refractivity contribution < 1.29 is 13.9 Å². The smallest absolute Gasteiger partial charge is 0.261 e. The Morgan fingerprint density at radius 3 is 2.52 bits per heavy atom. The second kappa shape index (κ2) is 6.83. The number of aromatic nitrogens is 1. The van der Waals surface area contributed by atoms with Crippen molar-refractivity contribution in [3.8, 4) is 5.75 Å². The topological polar surface area (TPSA) is 51.2 Å². The quantitative estimate of drug-likeness (QED) is 0.920. The van der Waals surface area contributed by atoms with Crippen LogP contribution >= 0.6 is 0 Å². The van der Waals surface area contributed by atoms with Crippen molar-refractivity contribution in [1.82, 2.24) is 10.3 Å². The molecule has 1 amide bonds. The fourth-order valence-corrected chi connectivity index (χ4v) is 1.85. The molecule has 1 N–H and O–H groups in total. The third-order valence-corrected chi connectivity index (χ3v) is 3.07. The molecule has 2 rings (SSSR count). The highest BCUT2D eigenvalue weighted by Crippen LogP contribution is 2.17. The summed E-state index contributed by atoms with van der Waals surface area (Å²) in [5, 5.41) is 2.82. The summed E-state index contributed by atoms with van der Waals surface area (Å²) in [6.07, 6.45) is 2.54. The maximum absolute atomic E-state index is 13.5. The zero-order chi connectivity index (χ0) is 15.2. The highest BCUT2D eigenvalue weighted by Gasteiger charge is 2.18. The van der Waals surface area contributed by atoms with Crippen molar-refractivity contribution in [3.63, 3.8) is 0 Å². The second-order valence-electron chi connectivity index (χ2n) is 4.70. The summed E-state index contributed by atoms with van der Waals surface area (Å²) < 4.78 is 18.8. The average Bonchev–Trinajstić information content (AvgIpc) is 2.50. The number of carbonyl (C=O) groups is 1. The Morgan fingerprint density at radius 1 is 1.19 bits per heavy atom. The second-order valence-corrected chi connectivity index (χ2v) is 4.70. The molecule has 1 heterocycles. The zero-order valence-corrected chi connectivity index (χ0v) is 11.9. The van der Waals surface area contributed by atoms with Gasteiger partial charge in [-0.3, -0.25) is 9.78 Å². The summed E-state index contributed by atoms with van der Waals surface area (Å²) in [6, 6.07) is 9.49. The maximum atomic E-state index is 13.5. The minimum absolute atomic E-state index is 0.0664. The van der Waals surface area contributed by atoms with Crippen molar-refractivity contribution in [3.05, 3.63) is 60.2 Å². The number of nitrogens with one attached hydrogen (secondary N) is 1. The molecular weight excluding hydrogens is 271 g/mol. The number of hydrogen-bond donors (Lipinski definition) is 1. The van der Waals surface area contributed by atoms with Gasteiger partial charge < -0.3 is 10.1 Å². The molecule has 0 unspecified atom stereocenters. The van der Waals surface area contributed by atoms with E-state index in [9.17, 15) is 9.18 Å². The fourth-order valence-electron chi connectivity index (χ4n) is 1.85. The van der Waals surface area contributed by atoms with Crippen molar-refractivity contribution in [2.24, 2.45) is 0 Å². The molecule has 4 nitrogen and oxygen atoms in total. The monoisotopic (exact) mass is 288 g/mol. The number of rotatable bonds is 5. The van der Waals surface area contributed by atoms with Gasteiger partial charge in [0.15, 0.2) is 17.7 Å². The van der Waals surface area contributed by atoms with E-state index in [2.05, 4.69) is 10.3 Å². The van der Waals surface area contributed by atoms with Crippen LogP contribution in [0.3, 0.4) is 0 Å². The van der Waals surface area contributed by atoms with Crippen LogP contribution < -0.4 is 10.1 Å². The normalized spacial score (nSPS) is 13.3. The van der Waals surface area contributed by atoms with Gasteiger partial charge in [-0.25, -0.2) is 4.39 Å². The van der Waals surface area contributed by atoms with Gasteiger partial charge in [0.05, 0.1) is 6.04 Å². The predicted molar refractivity (Wildman–Crippen MR) is 77.3 cm³/mol. The molecule has 110 valence electrons. The molecule has 5 heteroatoms. The molecule has 0 saturated heterocycles. The Kier molecular flexibility index (Phi) is 4.87. The van der Waals surface area contributed by atoms with Crippen LogP contribution in [-0.2, 0) is 4.79 Å². The van der Waals surface area contributed by atoms with Crippen molar-refractivity contribution in [1.29, 1.82) is 0 Å². The summed E-state index contributed by atoms with van der Waals surface area (Å²) in [6.45, 7) is 3.45. The molecule has 1 aromatic carbocycles. The van der Waals surface area contributed by atoms with Crippen LogP contribution in [0.25, 0.3) is 0 Å². The van der Waals surface area contributed by atoms with Crippen LogP contribution in [0.1, 0.15) is 25.5 Å². The van der Waals surface area contributed by atoms with Crippen LogP contribution in [0.15, 0.2) is 48.8 Å². The predicted octanol–water partition coefficient (Wildman–Crippen LogP) is 2.87. The molecule has 2 aromatic rings. The van der Waals surface area contributed by atoms with Gasteiger partial charge in [0.1, 0.15) is 0 Å². The summed E-state index contributed by atoms with van der Waals surface area (Å²) in [7, 11) is 0. The van der Waals surface area contributed by atoms with E-state index in [0.29, 0.717) is 0 Å². The SMILES string of the molecule is C[C@@H](Oc1ccccc1F)C(=O)N[C@H](C)c1ccncc1. The maximum Gasteiger partial charge on any atom is 0.261 e. The number of pyridine rings is 1. The van der Waals surface area contributed by atoms with E-state index >= 15 is 0 Å². The van der Waals surface area contributed by atoms with Crippen molar-refractivity contribution in [2.45, 2.75) is 26.0 Å². The van der Waals surface area contributed by atoms with Gasteiger partial charge in [0.25, 0.3) is 5.91 Å². The number of para-hydroxylation sites is 1. The van der Waals surface area contributed by atoms with E-state index in [1.807, 2.05) is 19.1 Å². The van der Waals surface area contributed by atoms with Gasteiger partial charge >= 0.3 is 0 Å². The molecule has 0 fully saturated rings. The lowest BCUT2D eigenvalue weighted by Crippen LogP contribution is -2.37. The molecule has 0 aliphatic rings. The lowest BCUT2D eigenvalue weighted by molar-refractivity contribution is -0.128. The number of ether oxygens (including phenoxy) is 1. The van der Waals surface area contributed by atoms with Crippen LogP contribution in [0.4, 0.5) is 4.39 Å². The number of benzene rings is 1. The third-order valence-electron chi connectivity index (χ3n) is 3.07. The molecule has 21 heavy (non-hydrogen) atoms. The van der Waals surface area contributed by atoms with E-state index in [0.717, 1.165) is 5.56 Å². The Bertz CT molecular complexity index is 604. The molecule has 0 radical (unpaired) electrons. The van der Waals surface area contributed by atoms with Gasteiger partial charge in [0, 0.05) is 12.4 Å². The van der Waals surface area contributed by atoms with Crippen molar-refractivity contribution >= 4 is 5.91 Å². The summed E-state index contributed by atoms with van der Waals surface area (Å²) >= 11 is 0. The fraction of sp³-hybridized carbons (Fsp3) is 0.250. The number of hydrogen-bond acceptors (Lipinski definition) is 3. The van der Waals surface area contributed by atoms with E-state index in [-0.39, 0.29) is 17.7 Å². The molecule has 1 aromatic heterocycles. The zero-order valence-electron chi connectivity index (χ0n) is 11.9. The molecule has 0 aliphatic heterocycles. The van der Waals surface area contributed by atoms with Crippen molar-refractivity contribution in [2.75, 3.05) is 0 Å². The first-order valence-electron chi connectivity index (χ1n) is 6.69. The lowest BCUT2D eigenvalue weighted by atomic mass is 10.1. The average molecular weight is 288 g/mol. The molecule has 0 aliphatic carbocycles. The van der Waals surface area contributed by atoms with Gasteiger partial charge in [-0.2, -0.15) is 0 Å². The highest BCUT2D eigenvalue weighted by molar-refractivity contribution is 5.81. The molecule has 2 atom stereocenters. The number of halogens is 1. The largest absolute Gasteiger partial charge is 0.478 e. The summed E-state index contributed by atoms with van der Waals surface area (Å²) in [5.41, 5.74) is 0.941. The van der Waals surface area contributed by atoms with Crippen LogP contribution in [0, 0.1) is 5.82 Å². The first-order chi connectivity index (χ1) is 10.1. The van der Waals surface area contributed by atoms with Gasteiger partial charge in [-0.15, -0.1) is 0 Å². The number of amides is 1. The van der Waals surface area contributed by atoms with E-state index < -0.39 is 11.9 Å². The highest BCUT2D eigenvalue weighted by atomic mass is 19.1. The standard InChI is InChI=1S/C16H17FN2O2/c1-11(13-7-9-18-10-8-13)19-16(20)12(2)21-15-6-4-3-5-14(15)17/h3-12H,1-2H3,(H,19,20)/t11-,12-/m1/s1. The Morgan fingerprint density at radius 2 is 1.86 bits per heavy atom. The minimum atomic E-state index is -0.786. The summed E-state index contributed by atoms with van der Waals surface area (Å²) in [5.74, 6) is -0.724. The molecule has 0 bridgehead atoms. The van der Waals surface area contributed by atoms with Crippen LogP contribution in [-0.4, -0.2) is 17.0 Å². The van der Waals surface area contributed by atoms with E-state index in [4.69, 9.17) is 4.74 Å². The van der Waals surface area contributed by atoms with Gasteiger partial charge in [-0.05, 0) is 43.7 Å². The number of carbonyl (C=O) groups excluding carboxylic acids is 1. The summed E-state index contributed by atoms with van der Waals surface area (Å²) in [4.78, 5) is 16.0. The van der Waals surface area contributed by atoms with Crippen LogP contribution in [0.2, 0.25) is 0 Å². The first-order valence-corrected chi connectivity index (χ1v) is 6.69. The van der Waals surface area contributed by atoms with Crippen LogP contribution in [0.5, 0.6) is 5.75 Å². The molecular formula is C16H17FN2O2. The molecule has 0 spiro atoms. The molecule has 0 saturated carbocycles. The Balaban J connectivity index is 1.95. The van der Waals surface area contributed by atoms with Gasteiger partial charge in [-0.1, -0.05) is 12.1 Å². The minimum Gasteiger partial charge on any atom is -0.478 e. The lowest BCUT2D eigenvalue weighted by Gasteiger charge is -2.19. The van der Waals surface area contributed by atoms with E-state index in [1.165, 1.54) is 12.1 Å². The Hall–Kier alpha value is -2.43. The third kappa shape index (κ3) is 4.02. The first kappa shape index (κ1) is 15.0. The van der Waals surface area contributed by atoms with Gasteiger partial charge in [0.2, 0.25) is 0 Å². The van der Waals surface area contributed by atoms with E-state index in [1.54, 1.807) is 31.5 Å². The Labute approximate surface area is 123 Å².